The molecule has 0 aliphatic carbocycles. The van der Waals surface area contributed by atoms with E-state index in [1.807, 2.05) is 0 Å². The summed E-state index contributed by atoms with van der Waals surface area (Å²) in [6, 6.07) is 3.98. The molecule has 0 aliphatic heterocycles. The van der Waals surface area contributed by atoms with Crippen LogP contribution in [0.1, 0.15) is 16.1 Å². The van der Waals surface area contributed by atoms with Gasteiger partial charge in [0.15, 0.2) is 0 Å². The Kier molecular flexibility index (Phi) is 3.03. The molecule has 0 radical (unpaired) electrons. The minimum absolute atomic E-state index is 0.191. The molecule has 5 nitrogen and oxygen atoms in total. The predicted octanol–water partition coefficient (Wildman–Crippen LogP) is 2.01. The zero-order valence-corrected chi connectivity index (χ0v) is 10.1. The maximum absolute atomic E-state index is 11.9. The maximum atomic E-state index is 11.9. The topological polar surface area (TPSA) is 84.6 Å². The first-order valence-electron chi connectivity index (χ1n) is 4.56. The SMILES string of the molecule is O=C(O)c1ccc(S(=O)(=O)Cc2ccsc2)o1. The lowest BCUT2D eigenvalue weighted by Gasteiger charge is -1.98. The number of thiophene rings is 1. The largest absolute Gasteiger partial charge is 0.475 e. The summed E-state index contributed by atoms with van der Waals surface area (Å²) in [5.74, 6) is -1.86. The second-order valence-electron chi connectivity index (χ2n) is 3.31. The third-order valence-corrected chi connectivity index (χ3v) is 4.31. The molecule has 2 heterocycles. The Morgan fingerprint density at radius 1 is 1.35 bits per heavy atom. The summed E-state index contributed by atoms with van der Waals surface area (Å²) >= 11 is 1.40. The van der Waals surface area contributed by atoms with Gasteiger partial charge in [0.2, 0.25) is 20.7 Å². The molecule has 0 saturated carbocycles. The van der Waals surface area contributed by atoms with Gasteiger partial charge in [-0.25, -0.2) is 13.2 Å². The van der Waals surface area contributed by atoms with Gasteiger partial charge in [0.1, 0.15) is 0 Å². The molecule has 0 aliphatic rings. The fraction of sp³-hybridized carbons (Fsp3) is 0.100. The zero-order chi connectivity index (χ0) is 12.5. The van der Waals surface area contributed by atoms with E-state index in [2.05, 4.69) is 0 Å². The molecule has 0 amide bonds. The Bertz CT molecular complexity index is 621. The van der Waals surface area contributed by atoms with Gasteiger partial charge in [0, 0.05) is 0 Å². The third-order valence-electron chi connectivity index (χ3n) is 2.04. The summed E-state index contributed by atoms with van der Waals surface area (Å²) in [5, 5.41) is 11.8. The van der Waals surface area contributed by atoms with Crippen molar-refractivity contribution in [3.63, 3.8) is 0 Å². The van der Waals surface area contributed by atoms with Gasteiger partial charge in [-0.3, -0.25) is 0 Å². The Hall–Kier alpha value is -1.60. The van der Waals surface area contributed by atoms with Gasteiger partial charge < -0.3 is 9.52 Å². The van der Waals surface area contributed by atoms with E-state index in [4.69, 9.17) is 9.52 Å². The van der Waals surface area contributed by atoms with Gasteiger partial charge >= 0.3 is 5.97 Å². The average molecular weight is 272 g/mol. The van der Waals surface area contributed by atoms with Crippen molar-refractivity contribution >= 4 is 27.1 Å². The van der Waals surface area contributed by atoms with Gasteiger partial charge in [-0.15, -0.1) is 0 Å². The summed E-state index contributed by atoms with van der Waals surface area (Å²) in [6.45, 7) is 0. The highest BCUT2D eigenvalue weighted by Gasteiger charge is 2.21. The van der Waals surface area contributed by atoms with Crippen LogP contribution in [-0.4, -0.2) is 19.5 Å². The van der Waals surface area contributed by atoms with E-state index in [-0.39, 0.29) is 16.6 Å². The number of hydrogen-bond acceptors (Lipinski definition) is 5. The van der Waals surface area contributed by atoms with Crippen molar-refractivity contribution in [2.75, 3.05) is 0 Å². The zero-order valence-electron chi connectivity index (χ0n) is 8.49. The van der Waals surface area contributed by atoms with Crippen LogP contribution in [0.4, 0.5) is 0 Å². The molecular weight excluding hydrogens is 264 g/mol. The van der Waals surface area contributed by atoms with Crippen LogP contribution in [0.15, 0.2) is 38.5 Å². The van der Waals surface area contributed by atoms with Crippen molar-refractivity contribution in [1.29, 1.82) is 0 Å². The van der Waals surface area contributed by atoms with Crippen LogP contribution < -0.4 is 0 Å². The molecular formula is C10H8O5S2. The molecule has 0 spiro atoms. The first-order valence-corrected chi connectivity index (χ1v) is 7.15. The first-order chi connectivity index (χ1) is 7.99. The Balaban J connectivity index is 2.28. The quantitative estimate of drug-likeness (QED) is 0.920. The lowest BCUT2D eigenvalue weighted by molar-refractivity contribution is 0.0656. The second kappa shape index (κ2) is 4.34. The molecule has 0 fully saturated rings. The van der Waals surface area contributed by atoms with Crippen LogP contribution in [0.2, 0.25) is 0 Å². The highest BCUT2D eigenvalue weighted by molar-refractivity contribution is 7.90. The van der Waals surface area contributed by atoms with Gasteiger partial charge in [-0.1, -0.05) is 0 Å². The number of aromatic carboxylic acids is 1. The third kappa shape index (κ3) is 2.56. The monoisotopic (exact) mass is 272 g/mol. The first kappa shape index (κ1) is 11.9. The molecule has 7 heteroatoms. The van der Waals surface area contributed by atoms with Crippen LogP contribution >= 0.6 is 11.3 Å². The lowest BCUT2D eigenvalue weighted by Crippen LogP contribution is -2.03. The van der Waals surface area contributed by atoms with Crippen LogP contribution in [0, 0.1) is 0 Å². The molecule has 2 aromatic rings. The Morgan fingerprint density at radius 3 is 2.65 bits per heavy atom. The molecule has 90 valence electrons. The van der Waals surface area contributed by atoms with E-state index in [1.54, 1.807) is 16.8 Å². The van der Waals surface area contributed by atoms with E-state index < -0.39 is 15.8 Å². The van der Waals surface area contributed by atoms with Crippen LogP contribution in [0.3, 0.4) is 0 Å². The molecule has 1 N–H and O–H groups in total. The molecule has 0 aromatic carbocycles. The number of carbonyl (C=O) groups is 1. The predicted molar refractivity (Wildman–Crippen MR) is 60.9 cm³/mol. The van der Waals surface area contributed by atoms with Crippen LogP contribution in [0.5, 0.6) is 0 Å². The summed E-state index contributed by atoms with van der Waals surface area (Å²) < 4.78 is 28.5. The van der Waals surface area contributed by atoms with Gasteiger partial charge in [-0.2, -0.15) is 11.3 Å². The highest BCUT2D eigenvalue weighted by atomic mass is 32.2. The van der Waals surface area contributed by atoms with Crippen molar-refractivity contribution in [1.82, 2.24) is 0 Å². The number of carboxylic acids is 1. The normalized spacial score (nSPS) is 11.5. The van der Waals surface area contributed by atoms with E-state index in [0.29, 0.717) is 5.56 Å². The summed E-state index contributed by atoms with van der Waals surface area (Å²) in [4.78, 5) is 10.6. The average Bonchev–Trinajstić information content (AvgIpc) is 2.84. The molecule has 2 aromatic heterocycles. The second-order valence-corrected chi connectivity index (χ2v) is 6.02. The Labute approximate surface area is 101 Å². The fourth-order valence-electron chi connectivity index (χ4n) is 1.27. The molecule has 2 rings (SSSR count). The number of carboxylic acid groups (broad SMARTS) is 1. The van der Waals surface area contributed by atoms with Gasteiger partial charge in [-0.05, 0) is 34.5 Å². The number of rotatable bonds is 4. The van der Waals surface area contributed by atoms with E-state index in [9.17, 15) is 13.2 Å². The Morgan fingerprint density at radius 2 is 2.12 bits per heavy atom. The van der Waals surface area contributed by atoms with Crippen molar-refractivity contribution in [3.05, 3.63) is 40.3 Å². The van der Waals surface area contributed by atoms with Crippen molar-refractivity contribution in [3.8, 4) is 0 Å². The lowest BCUT2D eigenvalue weighted by atomic mass is 10.4. The van der Waals surface area contributed by atoms with Crippen molar-refractivity contribution in [2.24, 2.45) is 0 Å². The molecule has 17 heavy (non-hydrogen) atoms. The number of sulfone groups is 1. The minimum Gasteiger partial charge on any atom is -0.475 e. The molecule has 0 atom stereocenters. The molecule has 0 bridgehead atoms. The number of furan rings is 1. The maximum Gasteiger partial charge on any atom is 0.371 e. The summed E-state index contributed by atoms with van der Waals surface area (Å²) in [5.41, 5.74) is 0.656. The minimum atomic E-state index is -3.62. The molecule has 0 unspecified atom stereocenters. The van der Waals surface area contributed by atoms with E-state index in [1.165, 1.54) is 11.3 Å². The van der Waals surface area contributed by atoms with Crippen molar-refractivity contribution < 1.29 is 22.7 Å². The van der Waals surface area contributed by atoms with Gasteiger partial charge in [0.05, 0.1) is 5.75 Å². The standard InChI is InChI=1S/C10H8O5S2/c11-10(12)8-1-2-9(15-8)17(13,14)6-7-3-4-16-5-7/h1-5H,6H2,(H,11,12). The van der Waals surface area contributed by atoms with Crippen LogP contribution in [-0.2, 0) is 15.6 Å². The van der Waals surface area contributed by atoms with E-state index >= 15 is 0 Å². The van der Waals surface area contributed by atoms with E-state index in [0.717, 1.165) is 12.1 Å². The van der Waals surface area contributed by atoms with Gasteiger partial charge in [0.25, 0.3) is 0 Å². The van der Waals surface area contributed by atoms with Crippen LogP contribution in [0.25, 0.3) is 0 Å². The highest BCUT2D eigenvalue weighted by Crippen LogP contribution is 2.20. The summed E-state index contributed by atoms with van der Waals surface area (Å²) in [7, 11) is -3.62. The fourth-order valence-corrected chi connectivity index (χ4v) is 3.29. The molecule has 0 saturated heterocycles. The summed E-state index contributed by atoms with van der Waals surface area (Å²) in [6.07, 6.45) is 0. The number of hydrogen-bond donors (Lipinski definition) is 1. The van der Waals surface area contributed by atoms with Crippen molar-refractivity contribution in [2.45, 2.75) is 10.8 Å². The smallest absolute Gasteiger partial charge is 0.371 e.